The van der Waals surface area contributed by atoms with Gasteiger partial charge in [-0.1, -0.05) is 30.3 Å². The summed E-state index contributed by atoms with van der Waals surface area (Å²) in [6.07, 6.45) is 0. The van der Waals surface area contributed by atoms with Gasteiger partial charge >= 0.3 is 8.56 Å². The lowest BCUT2D eigenvalue weighted by Gasteiger charge is -2.28. The molecule has 15 heavy (non-hydrogen) atoms. The Balaban J connectivity index is 2.97. The highest BCUT2D eigenvalue weighted by atomic mass is 32.1. The van der Waals surface area contributed by atoms with Gasteiger partial charge in [0.25, 0.3) is 0 Å². The highest BCUT2D eigenvalue weighted by Gasteiger charge is 2.37. The predicted molar refractivity (Wildman–Crippen MR) is 68.9 cm³/mol. The summed E-state index contributed by atoms with van der Waals surface area (Å²) in [7, 11) is -2.28. The number of benzene rings is 1. The van der Waals surface area contributed by atoms with E-state index in [0.717, 1.165) is 5.19 Å². The number of hydrogen-bond acceptors (Lipinski definition) is 3. The van der Waals surface area contributed by atoms with Crippen molar-refractivity contribution in [1.82, 2.24) is 0 Å². The van der Waals surface area contributed by atoms with Crippen LogP contribution in [0.3, 0.4) is 0 Å². The lowest BCUT2D eigenvalue weighted by Crippen LogP contribution is -2.56. The van der Waals surface area contributed by atoms with Crippen LogP contribution in [0, 0.1) is 0 Å². The molecule has 1 rings (SSSR count). The Morgan fingerprint density at radius 1 is 1.07 bits per heavy atom. The SMILES string of the molecule is CCO[Si](CS)(OCC)c1ccccc1. The van der Waals surface area contributed by atoms with Crippen LogP contribution in [0.4, 0.5) is 0 Å². The van der Waals surface area contributed by atoms with Crippen molar-refractivity contribution in [3.63, 3.8) is 0 Å². The zero-order valence-corrected chi connectivity index (χ0v) is 11.2. The van der Waals surface area contributed by atoms with E-state index in [-0.39, 0.29) is 0 Å². The normalized spacial score (nSPS) is 11.7. The zero-order chi connectivity index (χ0) is 11.1. The molecule has 0 amide bonds. The fraction of sp³-hybridized carbons (Fsp3) is 0.455. The third-order valence-electron chi connectivity index (χ3n) is 2.18. The summed E-state index contributed by atoms with van der Waals surface area (Å²) in [5.74, 6) is 0. The maximum absolute atomic E-state index is 5.85. The molecule has 0 atom stereocenters. The van der Waals surface area contributed by atoms with Crippen molar-refractivity contribution in [3.05, 3.63) is 30.3 Å². The van der Waals surface area contributed by atoms with Gasteiger partial charge in [0.2, 0.25) is 0 Å². The first kappa shape index (κ1) is 12.8. The Morgan fingerprint density at radius 2 is 1.60 bits per heavy atom. The number of thiol groups is 1. The number of rotatable bonds is 6. The second-order valence-electron chi connectivity index (χ2n) is 3.14. The summed E-state index contributed by atoms with van der Waals surface area (Å²) < 4.78 is 11.7. The maximum Gasteiger partial charge on any atom is 0.382 e. The lowest BCUT2D eigenvalue weighted by molar-refractivity contribution is 0.201. The van der Waals surface area contributed by atoms with E-state index in [1.54, 1.807) is 0 Å². The monoisotopic (exact) mass is 242 g/mol. The van der Waals surface area contributed by atoms with Crippen LogP contribution in [0.2, 0.25) is 0 Å². The smallest absolute Gasteiger partial charge is 0.382 e. The summed E-state index contributed by atoms with van der Waals surface area (Å²) in [4.78, 5) is 0. The van der Waals surface area contributed by atoms with Gasteiger partial charge in [0.05, 0.1) is 0 Å². The minimum atomic E-state index is -2.28. The summed E-state index contributed by atoms with van der Waals surface area (Å²) in [5, 5.41) is 1.81. The predicted octanol–water partition coefficient (Wildman–Crippen LogP) is 1.88. The second-order valence-corrected chi connectivity index (χ2v) is 7.07. The molecule has 0 unspecified atom stereocenters. The molecule has 0 aliphatic carbocycles. The van der Waals surface area contributed by atoms with Gasteiger partial charge in [0, 0.05) is 18.6 Å². The van der Waals surface area contributed by atoms with Gasteiger partial charge in [-0.2, -0.15) is 12.6 Å². The molecule has 0 aliphatic heterocycles. The second kappa shape index (κ2) is 6.32. The van der Waals surface area contributed by atoms with Crippen molar-refractivity contribution in [1.29, 1.82) is 0 Å². The highest BCUT2D eigenvalue weighted by molar-refractivity contribution is 7.82. The average molecular weight is 242 g/mol. The molecule has 1 aromatic carbocycles. The summed E-state index contributed by atoms with van der Waals surface area (Å²) in [6, 6.07) is 10.2. The van der Waals surface area contributed by atoms with Crippen molar-refractivity contribution in [2.24, 2.45) is 0 Å². The van der Waals surface area contributed by atoms with Crippen LogP contribution in [-0.4, -0.2) is 27.2 Å². The third kappa shape index (κ3) is 3.08. The molecule has 84 valence electrons. The van der Waals surface area contributed by atoms with Crippen LogP contribution in [0.5, 0.6) is 0 Å². The van der Waals surface area contributed by atoms with Crippen LogP contribution in [0.25, 0.3) is 0 Å². The van der Waals surface area contributed by atoms with E-state index < -0.39 is 8.56 Å². The fourth-order valence-electron chi connectivity index (χ4n) is 1.55. The Morgan fingerprint density at radius 3 is 2.00 bits per heavy atom. The molecule has 0 radical (unpaired) electrons. The van der Waals surface area contributed by atoms with Crippen LogP contribution in [0.15, 0.2) is 30.3 Å². The summed E-state index contributed by atoms with van der Waals surface area (Å²) in [5.41, 5.74) is 0. The third-order valence-corrected chi connectivity index (χ3v) is 6.56. The molecule has 2 nitrogen and oxygen atoms in total. The van der Waals surface area contributed by atoms with Crippen molar-refractivity contribution in [2.45, 2.75) is 13.8 Å². The van der Waals surface area contributed by atoms with Crippen molar-refractivity contribution in [2.75, 3.05) is 18.6 Å². The largest absolute Gasteiger partial charge is 0.391 e. The zero-order valence-electron chi connectivity index (χ0n) is 9.27. The van der Waals surface area contributed by atoms with Gasteiger partial charge in [-0.25, -0.2) is 0 Å². The molecular formula is C11H18O2SSi. The molecule has 0 aliphatic rings. The van der Waals surface area contributed by atoms with Gasteiger partial charge < -0.3 is 8.85 Å². The molecule has 0 aromatic heterocycles. The van der Waals surface area contributed by atoms with E-state index in [2.05, 4.69) is 24.8 Å². The standard InChI is InChI=1S/C11H18O2SSi/c1-3-12-15(10-14,13-4-2)11-8-6-5-7-9-11/h5-9,14H,3-4,10H2,1-2H3. The van der Waals surface area contributed by atoms with Gasteiger partial charge in [-0.15, -0.1) is 0 Å². The van der Waals surface area contributed by atoms with E-state index >= 15 is 0 Å². The van der Waals surface area contributed by atoms with E-state index in [4.69, 9.17) is 8.85 Å². The first-order valence-corrected chi connectivity index (χ1v) is 7.89. The fourth-order valence-corrected chi connectivity index (χ4v) is 5.06. The average Bonchev–Trinajstić information content (AvgIpc) is 2.30. The van der Waals surface area contributed by atoms with Crippen molar-refractivity contribution in [3.8, 4) is 0 Å². The lowest BCUT2D eigenvalue weighted by atomic mass is 10.4. The van der Waals surface area contributed by atoms with E-state index in [9.17, 15) is 0 Å². The Bertz CT molecular complexity index is 273. The topological polar surface area (TPSA) is 18.5 Å². The Kier molecular flexibility index (Phi) is 5.39. The molecular weight excluding hydrogens is 224 g/mol. The first-order chi connectivity index (χ1) is 7.29. The summed E-state index contributed by atoms with van der Waals surface area (Å²) >= 11 is 4.39. The van der Waals surface area contributed by atoms with Crippen LogP contribution in [-0.2, 0) is 8.85 Å². The maximum atomic E-state index is 5.85. The molecule has 0 saturated carbocycles. The van der Waals surface area contributed by atoms with Gasteiger partial charge in [-0.05, 0) is 19.0 Å². The molecule has 0 spiro atoms. The van der Waals surface area contributed by atoms with Crippen LogP contribution >= 0.6 is 12.6 Å². The van der Waals surface area contributed by atoms with Crippen molar-refractivity contribution >= 4 is 26.4 Å². The molecule has 1 aromatic rings. The van der Waals surface area contributed by atoms with E-state index in [1.165, 1.54) is 0 Å². The molecule has 0 bridgehead atoms. The molecule has 4 heteroatoms. The minimum Gasteiger partial charge on any atom is -0.391 e. The van der Waals surface area contributed by atoms with Gasteiger partial charge in [0.15, 0.2) is 0 Å². The van der Waals surface area contributed by atoms with E-state index in [0.29, 0.717) is 18.6 Å². The van der Waals surface area contributed by atoms with E-state index in [1.807, 2.05) is 32.0 Å². The quantitative estimate of drug-likeness (QED) is 0.606. The highest BCUT2D eigenvalue weighted by Crippen LogP contribution is 2.10. The molecule has 0 fully saturated rings. The summed E-state index contributed by atoms with van der Waals surface area (Å²) in [6.45, 7) is 5.32. The Hall–Kier alpha value is -0.293. The molecule has 0 N–H and O–H groups in total. The minimum absolute atomic E-state index is 0.651. The first-order valence-electron chi connectivity index (χ1n) is 5.23. The van der Waals surface area contributed by atoms with Gasteiger partial charge in [0.1, 0.15) is 0 Å². The molecule has 0 saturated heterocycles. The van der Waals surface area contributed by atoms with Crippen molar-refractivity contribution < 1.29 is 8.85 Å². The number of hydrogen-bond donors (Lipinski definition) is 1. The van der Waals surface area contributed by atoms with Crippen LogP contribution < -0.4 is 5.19 Å². The molecule has 0 heterocycles. The van der Waals surface area contributed by atoms with Crippen LogP contribution in [0.1, 0.15) is 13.8 Å². The Labute approximate surface area is 98.3 Å². The van der Waals surface area contributed by atoms with Gasteiger partial charge in [-0.3, -0.25) is 0 Å².